The molecule has 10 nitrogen and oxygen atoms in total. The number of benzene rings is 2. The van der Waals surface area contributed by atoms with Gasteiger partial charge in [-0.3, -0.25) is 19.7 Å². The maximum Gasteiger partial charge on any atom is 0.255 e. The minimum atomic E-state index is -0.617. The second-order valence-electron chi connectivity index (χ2n) is 10.9. The van der Waals surface area contributed by atoms with Gasteiger partial charge in [0.2, 0.25) is 5.91 Å². The van der Waals surface area contributed by atoms with Crippen molar-refractivity contribution in [3.8, 4) is 28.2 Å². The summed E-state index contributed by atoms with van der Waals surface area (Å²) in [6.45, 7) is 5.42. The lowest BCUT2D eigenvalue weighted by Gasteiger charge is -2.22. The van der Waals surface area contributed by atoms with Gasteiger partial charge in [0.15, 0.2) is 11.6 Å². The van der Waals surface area contributed by atoms with Crippen LogP contribution in [0.5, 0.6) is 0 Å². The number of carbonyl (C=O) groups excluding carboxylic acids is 2. The Morgan fingerprint density at radius 3 is 2.75 bits per heavy atom. The van der Waals surface area contributed by atoms with E-state index < -0.39 is 11.9 Å². The summed E-state index contributed by atoms with van der Waals surface area (Å²) in [7, 11) is 0. The Morgan fingerprint density at radius 2 is 1.95 bits per heavy atom. The van der Waals surface area contributed by atoms with Crippen molar-refractivity contribution in [1.29, 1.82) is 0 Å². The number of anilines is 1. The molecule has 2 atom stereocenters. The fourth-order valence-corrected chi connectivity index (χ4v) is 5.56. The van der Waals surface area contributed by atoms with Gasteiger partial charge >= 0.3 is 0 Å². The normalized spacial score (nSPS) is 16.8. The summed E-state index contributed by atoms with van der Waals surface area (Å²) >= 11 is 5.98. The molecule has 1 aliphatic rings. The molecule has 1 aliphatic heterocycles. The van der Waals surface area contributed by atoms with Crippen molar-refractivity contribution >= 4 is 29.1 Å². The SMILES string of the molecule is Cc1nc(-c2ccc3c(c2)NC(=O)C(C)CCCC(NC(=O)c2cnn(-c4cccc(Cl)c4F)c2C)c2cc-3ccn2)n[nH]1. The van der Waals surface area contributed by atoms with E-state index in [2.05, 4.69) is 35.9 Å². The van der Waals surface area contributed by atoms with Gasteiger partial charge in [0.1, 0.15) is 11.5 Å². The van der Waals surface area contributed by atoms with Crippen LogP contribution in [0.3, 0.4) is 0 Å². The van der Waals surface area contributed by atoms with Crippen molar-refractivity contribution in [1.82, 2.24) is 35.3 Å². The number of halogens is 2. The summed E-state index contributed by atoms with van der Waals surface area (Å²) in [5, 5.41) is 17.6. The monoisotopic (exact) mass is 612 g/mol. The molecule has 2 amide bonds. The minimum Gasteiger partial charge on any atom is -0.344 e. The fourth-order valence-electron chi connectivity index (χ4n) is 5.39. The lowest BCUT2D eigenvalue weighted by molar-refractivity contribution is -0.119. The number of aromatic amines is 1. The summed E-state index contributed by atoms with van der Waals surface area (Å²) < 4.78 is 16.1. The molecular weight excluding hydrogens is 583 g/mol. The number of rotatable bonds is 4. The third-order valence-corrected chi connectivity index (χ3v) is 8.17. The van der Waals surface area contributed by atoms with E-state index in [1.807, 2.05) is 44.2 Å². The van der Waals surface area contributed by atoms with Gasteiger partial charge in [-0.2, -0.15) is 10.2 Å². The van der Waals surface area contributed by atoms with Crippen molar-refractivity contribution in [2.24, 2.45) is 5.92 Å². The third-order valence-electron chi connectivity index (χ3n) is 7.88. The van der Waals surface area contributed by atoms with Crippen LogP contribution in [0.2, 0.25) is 5.02 Å². The number of hydrogen-bond donors (Lipinski definition) is 3. The number of fused-ring (bicyclic) bond motifs is 4. The molecule has 2 bridgehead atoms. The summed E-state index contributed by atoms with van der Waals surface area (Å²) in [6.07, 6.45) is 4.95. The van der Waals surface area contributed by atoms with Gasteiger partial charge in [-0.1, -0.05) is 43.1 Å². The van der Waals surface area contributed by atoms with E-state index in [4.69, 9.17) is 11.6 Å². The van der Waals surface area contributed by atoms with Crippen LogP contribution in [0, 0.1) is 25.6 Å². The first-order valence-corrected chi connectivity index (χ1v) is 14.7. The molecule has 3 aromatic heterocycles. The molecule has 2 aromatic carbocycles. The van der Waals surface area contributed by atoms with E-state index in [0.29, 0.717) is 53.5 Å². The summed E-state index contributed by atoms with van der Waals surface area (Å²) in [5.41, 5.74) is 4.64. The third kappa shape index (κ3) is 5.70. The molecule has 0 radical (unpaired) electrons. The number of nitrogens with zero attached hydrogens (tertiary/aromatic N) is 5. The average Bonchev–Trinajstić information content (AvgIpc) is 3.62. The van der Waals surface area contributed by atoms with Crippen molar-refractivity contribution in [2.45, 2.75) is 46.1 Å². The number of hydrogen-bond acceptors (Lipinski definition) is 6. The molecule has 4 heterocycles. The van der Waals surface area contributed by atoms with Crippen LogP contribution in [-0.4, -0.2) is 41.8 Å². The van der Waals surface area contributed by atoms with Gasteiger partial charge in [0.25, 0.3) is 5.91 Å². The Hall–Kier alpha value is -4.90. The lowest BCUT2D eigenvalue weighted by Crippen LogP contribution is -2.30. The Kier molecular flexibility index (Phi) is 7.96. The zero-order chi connectivity index (χ0) is 31.0. The second kappa shape index (κ2) is 12.0. The lowest BCUT2D eigenvalue weighted by atomic mass is 9.94. The van der Waals surface area contributed by atoms with E-state index in [9.17, 15) is 14.0 Å². The Bertz CT molecular complexity index is 1880. The summed E-state index contributed by atoms with van der Waals surface area (Å²) in [6, 6.07) is 13.7. The molecule has 6 rings (SSSR count). The number of aromatic nitrogens is 6. The molecule has 2 unspecified atom stereocenters. The van der Waals surface area contributed by atoms with Crippen LogP contribution in [0.25, 0.3) is 28.2 Å². The first-order valence-electron chi connectivity index (χ1n) is 14.3. The summed E-state index contributed by atoms with van der Waals surface area (Å²) in [5.74, 6) is -0.120. The number of nitrogens with one attached hydrogen (secondary N) is 3. The standard InChI is InChI=1S/C32H30ClFN8O2/c1-17-6-4-8-25(38-32(44)23-16-36-42(18(23)2)28-9-5-7-24(33)29(28)34)27-14-20(12-13-35-27)22-11-10-21(15-26(22)39-31(17)43)30-37-19(3)40-41-30/h5,7,9-17,25H,4,6,8H2,1-3H3,(H,38,44)(H,39,43)(H,37,40,41). The van der Waals surface area contributed by atoms with Crippen LogP contribution in [0.15, 0.2) is 60.9 Å². The highest BCUT2D eigenvalue weighted by molar-refractivity contribution is 6.30. The highest BCUT2D eigenvalue weighted by Gasteiger charge is 2.25. The second-order valence-corrected chi connectivity index (χ2v) is 11.4. The van der Waals surface area contributed by atoms with Crippen molar-refractivity contribution in [3.05, 3.63) is 94.5 Å². The van der Waals surface area contributed by atoms with Crippen LogP contribution >= 0.6 is 11.6 Å². The van der Waals surface area contributed by atoms with Crippen molar-refractivity contribution < 1.29 is 14.0 Å². The summed E-state index contributed by atoms with van der Waals surface area (Å²) in [4.78, 5) is 35.9. The van der Waals surface area contributed by atoms with E-state index in [0.717, 1.165) is 16.7 Å². The highest BCUT2D eigenvalue weighted by atomic mass is 35.5. The minimum absolute atomic E-state index is 0.0313. The van der Waals surface area contributed by atoms with Crippen molar-refractivity contribution in [3.63, 3.8) is 0 Å². The predicted molar refractivity (Wildman–Crippen MR) is 165 cm³/mol. The number of H-pyrrole nitrogens is 1. The maximum atomic E-state index is 14.7. The van der Waals surface area contributed by atoms with Gasteiger partial charge in [-0.15, -0.1) is 0 Å². The van der Waals surface area contributed by atoms with Gasteiger partial charge in [-0.05, 0) is 62.6 Å². The Labute approximate surface area is 258 Å². The van der Waals surface area contributed by atoms with Crippen LogP contribution < -0.4 is 10.6 Å². The first-order chi connectivity index (χ1) is 21.2. The van der Waals surface area contributed by atoms with Gasteiger partial charge in [0, 0.05) is 28.9 Å². The zero-order valence-corrected chi connectivity index (χ0v) is 25.1. The smallest absolute Gasteiger partial charge is 0.255 e. The largest absolute Gasteiger partial charge is 0.344 e. The number of carbonyl (C=O) groups is 2. The van der Waals surface area contributed by atoms with E-state index >= 15 is 0 Å². The van der Waals surface area contributed by atoms with E-state index in [-0.39, 0.29) is 28.4 Å². The average molecular weight is 613 g/mol. The molecule has 0 aliphatic carbocycles. The molecule has 3 N–H and O–H groups in total. The molecule has 0 saturated carbocycles. The van der Waals surface area contributed by atoms with Gasteiger partial charge in [0.05, 0.1) is 34.2 Å². The van der Waals surface area contributed by atoms with E-state index in [1.165, 1.54) is 16.9 Å². The fraction of sp³-hybridized carbons (Fsp3) is 0.250. The quantitative estimate of drug-likeness (QED) is 0.217. The number of pyridine rings is 1. The molecule has 0 fully saturated rings. The maximum absolute atomic E-state index is 14.7. The molecule has 12 heteroatoms. The van der Waals surface area contributed by atoms with Crippen LogP contribution in [-0.2, 0) is 4.79 Å². The molecule has 0 spiro atoms. The molecule has 224 valence electrons. The first kappa shape index (κ1) is 29.2. The Balaban J connectivity index is 1.34. The number of aryl methyl sites for hydroxylation is 1. The molecular formula is C32H30ClFN8O2. The number of amides is 2. The topological polar surface area (TPSA) is 130 Å². The highest BCUT2D eigenvalue weighted by Crippen LogP contribution is 2.34. The zero-order valence-electron chi connectivity index (χ0n) is 24.4. The van der Waals surface area contributed by atoms with Crippen LogP contribution in [0.1, 0.15) is 59.8 Å². The van der Waals surface area contributed by atoms with E-state index in [1.54, 1.807) is 25.3 Å². The molecule has 44 heavy (non-hydrogen) atoms. The predicted octanol–water partition coefficient (Wildman–Crippen LogP) is 6.36. The molecule has 0 saturated heterocycles. The van der Waals surface area contributed by atoms with Crippen molar-refractivity contribution in [2.75, 3.05) is 5.32 Å². The van der Waals surface area contributed by atoms with Crippen LogP contribution in [0.4, 0.5) is 10.1 Å². The van der Waals surface area contributed by atoms with Gasteiger partial charge in [-0.25, -0.2) is 14.1 Å². The Morgan fingerprint density at radius 1 is 1.11 bits per heavy atom. The molecule has 5 aromatic rings. The van der Waals surface area contributed by atoms with Gasteiger partial charge < -0.3 is 10.6 Å².